The van der Waals surface area contributed by atoms with E-state index in [9.17, 15) is 4.79 Å². The number of hydrogen-bond donors (Lipinski definition) is 0. The summed E-state index contributed by atoms with van der Waals surface area (Å²) in [6.45, 7) is 2.91. The van der Waals surface area contributed by atoms with Gasteiger partial charge in [0.1, 0.15) is 0 Å². The highest BCUT2D eigenvalue weighted by molar-refractivity contribution is 5.74. The molecule has 0 amide bonds. The van der Waals surface area contributed by atoms with E-state index < -0.39 is 0 Å². The maximum atomic E-state index is 11.3. The molecule has 0 saturated heterocycles. The van der Waals surface area contributed by atoms with Crippen LogP contribution in [0.2, 0.25) is 0 Å². The number of ether oxygens (including phenoxy) is 1. The molecule has 1 aliphatic rings. The molecule has 1 fully saturated rings. The van der Waals surface area contributed by atoms with E-state index in [1.54, 1.807) is 0 Å². The van der Waals surface area contributed by atoms with Crippen LogP contribution in [0.1, 0.15) is 110 Å². The molecular weight excluding hydrogens is 296 g/mol. The summed E-state index contributed by atoms with van der Waals surface area (Å²) in [6, 6.07) is 0. The molecule has 1 saturated carbocycles. The Labute approximate surface area is 150 Å². The number of allylic oxidation sites excluding steroid dienone is 2. The lowest BCUT2D eigenvalue weighted by molar-refractivity contribution is -0.145. The van der Waals surface area contributed by atoms with E-state index in [4.69, 9.17) is 4.74 Å². The molecule has 0 heterocycles. The van der Waals surface area contributed by atoms with Crippen molar-refractivity contribution < 1.29 is 9.53 Å². The molecule has 2 heteroatoms. The van der Waals surface area contributed by atoms with Crippen LogP contribution in [0.15, 0.2) is 12.2 Å². The fourth-order valence-corrected chi connectivity index (χ4v) is 2.96. The first kappa shape index (κ1) is 21.3. The highest BCUT2D eigenvalue weighted by Gasteiger charge is 2.30. The first-order valence-electron chi connectivity index (χ1n) is 10.7. The van der Waals surface area contributed by atoms with Crippen LogP contribution < -0.4 is 0 Å². The summed E-state index contributed by atoms with van der Waals surface area (Å²) in [5.41, 5.74) is 0. The quantitative estimate of drug-likeness (QED) is 0.163. The van der Waals surface area contributed by atoms with E-state index in [1.165, 1.54) is 83.5 Å². The molecule has 0 aromatic heterocycles. The van der Waals surface area contributed by atoms with Gasteiger partial charge in [-0.15, -0.1) is 0 Å². The molecule has 140 valence electrons. The molecule has 1 rings (SSSR count). The van der Waals surface area contributed by atoms with Gasteiger partial charge in [-0.05, 0) is 44.9 Å². The van der Waals surface area contributed by atoms with Gasteiger partial charge in [0.15, 0.2) is 0 Å². The normalized spacial score (nSPS) is 14.4. The highest BCUT2D eigenvalue weighted by Crippen LogP contribution is 2.30. The van der Waals surface area contributed by atoms with E-state index in [1.807, 2.05) is 0 Å². The third-order valence-corrected chi connectivity index (χ3v) is 4.81. The highest BCUT2D eigenvalue weighted by atomic mass is 16.5. The predicted octanol–water partition coefficient (Wildman–Crippen LogP) is 6.98. The van der Waals surface area contributed by atoms with Gasteiger partial charge in [0.05, 0.1) is 12.5 Å². The number of hydrogen-bond acceptors (Lipinski definition) is 2. The number of unbranched alkanes of at least 4 members (excludes halogenated alkanes) is 12. The van der Waals surface area contributed by atoms with Gasteiger partial charge in [-0.2, -0.15) is 0 Å². The topological polar surface area (TPSA) is 26.3 Å². The Morgan fingerprint density at radius 3 is 1.83 bits per heavy atom. The third-order valence-electron chi connectivity index (χ3n) is 4.81. The average Bonchev–Trinajstić information content (AvgIpc) is 3.42. The van der Waals surface area contributed by atoms with Gasteiger partial charge in [0.25, 0.3) is 0 Å². The molecule has 0 spiro atoms. The molecule has 2 nitrogen and oxygen atoms in total. The van der Waals surface area contributed by atoms with Gasteiger partial charge in [-0.1, -0.05) is 76.9 Å². The lowest BCUT2D eigenvalue weighted by Crippen LogP contribution is -2.07. The predicted molar refractivity (Wildman–Crippen MR) is 103 cm³/mol. The maximum Gasteiger partial charge on any atom is 0.308 e. The van der Waals surface area contributed by atoms with E-state index >= 15 is 0 Å². The first-order valence-corrected chi connectivity index (χ1v) is 10.7. The van der Waals surface area contributed by atoms with Crippen molar-refractivity contribution >= 4 is 5.97 Å². The standard InChI is InChI=1S/C22H40O2/c1-2-3-4-5-6-7-8-9-10-11-12-13-14-15-16-17-20-24-22(23)21-18-19-21/h9-10,21H,2-8,11-20H2,1H3. The molecule has 0 radical (unpaired) electrons. The molecule has 0 N–H and O–H groups in total. The van der Waals surface area contributed by atoms with E-state index in [0.29, 0.717) is 6.61 Å². The van der Waals surface area contributed by atoms with Gasteiger partial charge in [-0.3, -0.25) is 4.79 Å². The lowest BCUT2D eigenvalue weighted by atomic mass is 10.1. The van der Waals surface area contributed by atoms with Crippen molar-refractivity contribution in [1.29, 1.82) is 0 Å². The van der Waals surface area contributed by atoms with Crippen LogP contribution in [0, 0.1) is 5.92 Å². The molecule has 0 aromatic rings. The Kier molecular flexibility index (Phi) is 13.9. The van der Waals surface area contributed by atoms with Crippen molar-refractivity contribution in [2.75, 3.05) is 6.61 Å². The Morgan fingerprint density at radius 2 is 1.29 bits per heavy atom. The van der Waals surface area contributed by atoms with Gasteiger partial charge < -0.3 is 4.74 Å². The number of carbonyl (C=O) groups is 1. The average molecular weight is 337 g/mol. The second kappa shape index (κ2) is 15.7. The molecule has 0 unspecified atom stereocenters. The van der Waals surface area contributed by atoms with Crippen molar-refractivity contribution in [2.24, 2.45) is 5.92 Å². The molecule has 0 aliphatic heterocycles. The molecule has 0 atom stereocenters. The van der Waals surface area contributed by atoms with Crippen molar-refractivity contribution in [1.82, 2.24) is 0 Å². The second-order valence-corrected chi connectivity index (χ2v) is 7.38. The Hall–Kier alpha value is -0.790. The minimum Gasteiger partial charge on any atom is -0.465 e. The summed E-state index contributed by atoms with van der Waals surface area (Å²) < 4.78 is 5.24. The Bertz CT molecular complexity index is 318. The van der Waals surface area contributed by atoms with Crippen LogP contribution in [0.4, 0.5) is 0 Å². The van der Waals surface area contributed by atoms with Gasteiger partial charge in [-0.25, -0.2) is 0 Å². The van der Waals surface area contributed by atoms with Gasteiger partial charge >= 0.3 is 5.97 Å². The SMILES string of the molecule is CCCCCCCCC=CCCCCCCCCOC(=O)C1CC1. The lowest BCUT2D eigenvalue weighted by Gasteiger charge is -2.03. The number of esters is 1. The van der Waals surface area contributed by atoms with Gasteiger partial charge in [0, 0.05) is 0 Å². The zero-order valence-corrected chi connectivity index (χ0v) is 16.1. The smallest absolute Gasteiger partial charge is 0.308 e. The third kappa shape index (κ3) is 13.6. The van der Waals surface area contributed by atoms with Crippen molar-refractivity contribution in [3.63, 3.8) is 0 Å². The van der Waals surface area contributed by atoms with E-state index in [2.05, 4.69) is 19.1 Å². The van der Waals surface area contributed by atoms with Crippen LogP contribution in [-0.2, 0) is 9.53 Å². The van der Waals surface area contributed by atoms with Crippen molar-refractivity contribution in [3.05, 3.63) is 12.2 Å². The van der Waals surface area contributed by atoms with Crippen molar-refractivity contribution in [3.8, 4) is 0 Å². The summed E-state index contributed by atoms with van der Waals surface area (Å²) >= 11 is 0. The zero-order chi connectivity index (χ0) is 17.3. The summed E-state index contributed by atoms with van der Waals surface area (Å²) in [5, 5.41) is 0. The monoisotopic (exact) mass is 336 g/mol. The van der Waals surface area contributed by atoms with Crippen molar-refractivity contribution in [2.45, 2.75) is 110 Å². The fraction of sp³-hybridized carbons (Fsp3) is 0.864. The summed E-state index contributed by atoms with van der Waals surface area (Å²) in [7, 11) is 0. The largest absolute Gasteiger partial charge is 0.465 e. The Morgan fingerprint density at radius 1 is 0.792 bits per heavy atom. The van der Waals surface area contributed by atoms with Crippen LogP contribution in [0.25, 0.3) is 0 Å². The van der Waals surface area contributed by atoms with E-state index in [-0.39, 0.29) is 11.9 Å². The van der Waals surface area contributed by atoms with Crippen LogP contribution in [0.3, 0.4) is 0 Å². The maximum absolute atomic E-state index is 11.3. The van der Waals surface area contributed by atoms with Crippen LogP contribution in [0.5, 0.6) is 0 Å². The minimum absolute atomic E-state index is 0.0442. The number of rotatable bonds is 17. The van der Waals surface area contributed by atoms with E-state index in [0.717, 1.165) is 19.3 Å². The second-order valence-electron chi connectivity index (χ2n) is 7.38. The molecule has 0 aromatic carbocycles. The van der Waals surface area contributed by atoms with Gasteiger partial charge in [0.2, 0.25) is 0 Å². The number of carbonyl (C=O) groups excluding carboxylic acids is 1. The molecule has 1 aliphatic carbocycles. The molecular formula is C22H40O2. The Balaban J connectivity index is 1.69. The summed E-state index contributed by atoms with van der Waals surface area (Å²) in [4.78, 5) is 11.3. The summed E-state index contributed by atoms with van der Waals surface area (Å²) in [6.07, 6.45) is 25.2. The summed E-state index contributed by atoms with van der Waals surface area (Å²) in [5.74, 6) is 0.293. The van der Waals surface area contributed by atoms with Crippen LogP contribution >= 0.6 is 0 Å². The molecule has 24 heavy (non-hydrogen) atoms. The van der Waals surface area contributed by atoms with Crippen LogP contribution in [-0.4, -0.2) is 12.6 Å². The minimum atomic E-state index is 0.0442. The fourth-order valence-electron chi connectivity index (χ4n) is 2.96. The zero-order valence-electron chi connectivity index (χ0n) is 16.1. The first-order chi connectivity index (χ1) is 11.8. The molecule has 0 bridgehead atoms.